The largest absolute Gasteiger partial charge is 0.440 e. The number of nitrogens with one attached hydrogen (secondary N) is 1. The summed E-state index contributed by atoms with van der Waals surface area (Å²) in [7, 11) is 0. The van der Waals surface area contributed by atoms with Crippen molar-refractivity contribution in [1.29, 1.82) is 0 Å². The van der Waals surface area contributed by atoms with Gasteiger partial charge in [-0.15, -0.1) is 0 Å². The van der Waals surface area contributed by atoms with Gasteiger partial charge >= 0.3 is 0 Å². The summed E-state index contributed by atoms with van der Waals surface area (Å²) in [4.78, 5) is 19.0. The summed E-state index contributed by atoms with van der Waals surface area (Å²) in [5.74, 6) is -0.322. The van der Waals surface area contributed by atoms with Crippen molar-refractivity contribution < 1.29 is 9.21 Å². The van der Waals surface area contributed by atoms with Crippen molar-refractivity contribution in [2.45, 2.75) is 0 Å². The molecular weight excluding hydrogens is 253 g/mol. The topological polar surface area (TPSA) is 68.0 Å². The van der Waals surface area contributed by atoms with Crippen molar-refractivity contribution >= 4 is 34.8 Å². The van der Waals surface area contributed by atoms with Crippen LogP contribution < -0.4 is 5.32 Å². The second-order valence-electron chi connectivity index (χ2n) is 2.80. The predicted octanol–water partition coefficient (Wildman–Crippen LogP) is 2.63. The van der Waals surface area contributed by atoms with Crippen molar-refractivity contribution in [3.8, 4) is 0 Å². The zero-order chi connectivity index (χ0) is 11.5. The number of aromatic nitrogens is 2. The van der Waals surface area contributed by atoms with E-state index in [1.54, 1.807) is 0 Å². The standard InChI is InChI=1S/C9H5Cl2N3O2/c10-7-2-1-6(16-7)8(15)14-5-3-12-9(11)13-4-5/h1-4H,(H,14,15). The Labute approximate surface area is 100 Å². The van der Waals surface area contributed by atoms with Crippen LogP contribution >= 0.6 is 23.2 Å². The molecule has 0 aromatic carbocycles. The Hall–Kier alpha value is -1.59. The van der Waals surface area contributed by atoms with E-state index in [0.717, 1.165) is 0 Å². The molecule has 0 saturated heterocycles. The van der Waals surface area contributed by atoms with Gasteiger partial charge in [0.05, 0.1) is 18.1 Å². The lowest BCUT2D eigenvalue weighted by Gasteiger charge is -2.01. The van der Waals surface area contributed by atoms with Crippen LogP contribution in [-0.2, 0) is 0 Å². The van der Waals surface area contributed by atoms with Crippen LogP contribution in [0.4, 0.5) is 5.69 Å². The minimum Gasteiger partial charge on any atom is -0.440 e. The number of anilines is 1. The Bertz CT molecular complexity index is 510. The maximum atomic E-state index is 11.6. The maximum Gasteiger partial charge on any atom is 0.291 e. The molecule has 0 radical (unpaired) electrons. The highest BCUT2D eigenvalue weighted by Gasteiger charge is 2.10. The highest BCUT2D eigenvalue weighted by Crippen LogP contribution is 2.15. The molecule has 0 atom stereocenters. The monoisotopic (exact) mass is 257 g/mol. The zero-order valence-corrected chi connectivity index (χ0v) is 9.29. The SMILES string of the molecule is O=C(Nc1cnc(Cl)nc1)c1ccc(Cl)o1. The van der Waals surface area contributed by atoms with Gasteiger partial charge in [-0.2, -0.15) is 0 Å². The summed E-state index contributed by atoms with van der Waals surface area (Å²) in [6, 6.07) is 2.95. The van der Waals surface area contributed by atoms with Crippen LogP contribution in [0.15, 0.2) is 28.9 Å². The minimum absolute atomic E-state index is 0.110. The second-order valence-corrected chi connectivity index (χ2v) is 3.51. The number of amides is 1. The number of nitrogens with zero attached hydrogens (tertiary/aromatic N) is 2. The molecule has 2 heterocycles. The van der Waals surface area contributed by atoms with Crippen LogP contribution in [0.2, 0.25) is 10.5 Å². The fourth-order valence-corrected chi connectivity index (χ4v) is 1.25. The Balaban J connectivity index is 2.10. The van der Waals surface area contributed by atoms with E-state index in [-0.39, 0.29) is 16.3 Å². The molecule has 0 unspecified atom stereocenters. The van der Waals surface area contributed by atoms with Crippen LogP contribution in [0.5, 0.6) is 0 Å². The van der Waals surface area contributed by atoms with Gasteiger partial charge in [0.1, 0.15) is 0 Å². The average molecular weight is 258 g/mol. The number of halogens is 2. The average Bonchev–Trinajstić information content (AvgIpc) is 2.68. The lowest BCUT2D eigenvalue weighted by molar-refractivity contribution is 0.0996. The van der Waals surface area contributed by atoms with Crippen LogP contribution in [0.25, 0.3) is 0 Å². The Morgan fingerprint density at radius 1 is 1.25 bits per heavy atom. The van der Waals surface area contributed by atoms with Gasteiger partial charge in [-0.25, -0.2) is 9.97 Å². The van der Waals surface area contributed by atoms with Gasteiger partial charge in [0, 0.05) is 0 Å². The Morgan fingerprint density at radius 3 is 2.50 bits per heavy atom. The number of hydrogen-bond donors (Lipinski definition) is 1. The van der Waals surface area contributed by atoms with Gasteiger partial charge in [0.25, 0.3) is 5.91 Å². The number of rotatable bonds is 2. The molecule has 5 nitrogen and oxygen atoms in total. The van der Waals surface area contributed by atoms with E-state index in [0.29, 0.717) is 5.69 Å². The van der Waals surface area contributed by atoms with Crippen LogP contribution in [-0.4, -0.2) is 15.9 Å². The van der Waals surface area contributed by atoms with E-state index in [2.05, 4.69) is 15.3 Å². The molecule has 0 spiro atoms. The van der Waals surface area contributed by atoms with E-state index in [1.165, 1.54) is 24.5 Å². The van der Waals surface area contributed by atoms with Crippen molar-refractivity contribution in [3.63, 3.8) is 0 Å². The third-order valence-electron chi connectivity index (χ3n) is 1.68. The van der Waals surface area contributed by atoms with Crippen LogP contribution in [0, 0.1) is 0 Å². The van der Waals surface area contributed by atoms with Crippen LogP contribution in [0.3, 0.4) is 0 Å². The van der Waals surface area contributed by atoms with Gasteiger partial charge in [-0.3, -0.25) is 4.79 Å². The molecule has 0 aliphatic heterocycles. The molecular formula is C9H5Cl2N3O2. The molecule has 16 heavy (non-hydrogen) atoms. The van der Waals surface area contributed by atoms with Crippen molar-refractivity contribution in [2.24, 2.45) is 0 Å². The second kappa shape index (κ2) is 4.51. The van der Waals surface area contributed by atoms with Gasteiger partial charge in [-0.1, -0.05) is 0 Å². The zero-order valence-electron chi connectivity index (χ0n) is 7.78. The highest BCUT2D eigenvalue weighted by atomic mass is 35.5. The molecule has 0 saturated carbocycles. The first-order valence-corrected chi connectivity index (χ1v) is 4.95. The molecule has 1 amide bonds. The number of carbonyl (C=O) groups excluding carboxylic acids is 1. The summed E-state index contributed by atoms with van der Waals surface area (Å²) >= 11 is 11.0. The summed E-state index contributed by atoms with van der Waals surface area (Å²) in [5, 5.41) is 2.78. The quantitative estimate of drug-likeness (QED) is 0.840. The van der Waals surface area contributed by atoms with Crippen molar-refractivity contribution in [1.82, 2.24) is 9.97 Å². The van der Waals surface area contributed by atoms with Gasteiger partial charge in [0.15, 0.2) is 11.0 Å². The first-order chi connectivity index (χ1) is 7.65. The molecule has 0 aliphatic carbocycles. The van der Waals surface area contributed by atoms with E-state index in [1.807, 2.05) is 0 Å². The summed E-state index contributed by atoms with van der Waals surface area (Å²) in [6.07, 6.45) is 2.77. The van der Waals surface area contributed by atoms with E-state index >= 15 is 0 Å². The fraction of sp³-hybridized carbons (Fsp3) is 0. The van der Waals surface area contributed by atoms with E-state index < -0.39 is 5.91 Å². The van der Waals surface area contributed by atoms with E-state index in [9.17, 15) is 4.79 Å². The molecule has 0 fully saturated rings. The summed E-state index contributed by atoms with van der Waals surface area (Å²) in [6.45, 7) is 0. The lowest BCUT2D eigenvalue weighted by atomic mass is 10.4. The summed E-state index contributed by atoms with van der Waals surface area (Å²) < 4.78 is 4.93. The minimum atomic E-state index is -0.433. The normalized spacial score (nSPS) is 10.1. The lowest BCUT2D eigenvalue weighted by Crippen LogP contribution is -2.11. The van der Waals surface area contributed by atoms with E-state index in [4.69, 9.17) is 27.6 Å². The van der Waals surface area contributed by atoms with Crippen LogP contribution in [0.1, 0.15) is 10.6 Å². The third kappa shape index (κ3) is 2.50. The molecule has 1 N–H and O–H groups in total. The third-order valence-corrected chi connectivity index (χ3v) is 2.07. The molecule has 82 valence electrons. The molecule has 2 aromatic heterocycles. The maximum absolute atomic E-state index is 11.6. The first kappa shape index (κ1) is 10.9. The predicted molar refractivity (Wildman–Crippen MR) is 58.7 cm³/mol. The first-order valence-electron chi connectivity index (χ1n) is 4.19. The Morgan fingerprint density at radius 2 is 1.94 bits per heavy atom. The highest BCUT2D eigenvalue weighted by molar-refractivity contribution is 6.29. The van der Waals surface area contributed by atoms with Crippen molar-refractivity contribution in [3.05, 3.63) is 40.8 Å². The van der Waals surface area contributed by atoms with Crippen molar-refractivity contribution in [2.75, 3.05) is 5.32 Å². The number of carbonyl (C=O) groups is 1. The molecule has 0 bridgehead atoms. The fourth-order valence-electron chi connectivity index (χ4n) is 1.01. The molecule has 2 rings (SSSR count). The van der Waals surface area contributed by atoms with Gasteiger partial charge < -0.3 is 9.73 Å². The number of hydrogen-bond acceptors (Lipinski definition) is 4. The number of furan rings is 1. The smallest absolute Gasteiger partial charge is 0.291 e. The van der Waals surface area contributed by atoms with Gasteiger partial charge in [0.2, 0.25) is 5.28 Å². The summed E-state index contributed by atoms with van der Waals surface area (Å²) in [5.41, 5.74) is 0.418. The molecule has 0 aliphatic rings. The molecule has 7 heteroatoms. The molecule has 2 aromatic rings. The van der Waals surface area contributed by atoms with Gasteiger partial charge in [-0.05, 0) is 35.3 Å². The Kier molecular flexibility index (Phi) is 3.07.